The molecular formula is C11H10N2O3S3. The van der Waals surface area contributed by atoms with Crippen LogP contribution in [0.2, 0.25) is 0 Å². The Morgan fingerprint density at radius 2 is 1.74 bits per heavy atom. The Bertz CT molecular complexity index is 705. The van der Waals surface area contributed by atoms with Crippen LogP contribution in [-0.2, 0) is 10.0 Å². The van der Waals surface area contributed by atoms with Crippen LogP contribution in [0.1, 0.15) is 10.4 Å². The second kappa shape index (κ2) is 5.33. The second-order valence-corrected chi connectivity index (χ2v) is 7.85. The predicted octanol–water partition coefficient (Wildman–Crippen LogP) is 1.65. The molecule has 0 fully saturated rings. The first-order valence-corrected chi connectivity index (χ1v) is 8.24. The van der Waals surface area contributed by atoms with Gasteiger partial charge >= 0.3 is 0 Å². The quantitative estimate of drug-likeness (QED) is 0.895. The largest absolute Gasteiger partial charge is 0.366 e. The average Bonchev–Trinajstić information content (AvgIpc) is 2.78. The molecule has 1 heterocycles. The van der Waals surface area contributed by atoms with Gasteiger partial charge in [-0.2, -0.15) is 0 Å². The normalized spacial score (nSPS) is 11.4. The van der Waals surface area contributed by atoms with Gasteiger partial charge < -0.3 is 5.73 Å². The van der Waals surface area contributed by atoms with Crippen LogP contribution in [-0.4, -0.2) is 14.3 Å². The lowest BCUT2D eigenvalue weighted by Crippen LogP contribution is -2.10. The Balaban J connectivity index is 2.17. The van der Waals surface area contributed by atoms with Crippen LogP contribution in [0, 0.1) is 0 Å². The number of rotatable bonds is 4. The van der Waals surface area contributed by atoms with Crippen molar-refractivity contribution in [3.8, 4) is 0 Å². The first kappa shape index (κ1) is 14.1. The highest BCUT2D eigenvalue weighted by atomic mass is 32.3. The van der Waals surface area contributed by atoms with Crippen LogP contribution in [0.25, 0.3) is 0 Å². The molecule has 0 bridgehead atoms. The standard InChI is InChI=1S/C11H10N2O3S3/c12-11(14)7-1-3-8(4-2-7)17-9-5-6-10(18-9)19(13,15)16/h1-6H,(H2,12,14)(H2,13,15,16). The van der Waals surface area contributed by atoms with Gasteiger partial charge in [0, 0.05) is 10.5 Å². The molecule has 0 spiro atoms. The lowest BCUT2D eigenvalue weighted by molar-refractivity contribution is 0.1000. The number of hydrogen-bond donors (Lipinski definition) is 2. The first-order chi connectivity index (χ1) is 8.86. The van der Waals surface area contributed by atoms with Gasteiger partial charge in [-0.1, -0.05) is 11.8 Å². The highest BCUT2D eigenvalue weighted by molar-refractivity contribution is 8.01. The van der Waals surface area contributed by atoms with Crippen molar-refractivity contribution in [2.75, 3.05) is 0 Å². The zero-order chi connectivity index (χ0) is 14.0. The number of primary sulfonamides is 1. The zero-order valence-corrected chi connectivity index (χ0v) is 12.0. The summed E-state index contributed by atoms with van der Waals surface area (Å²) in [6, 6.07) is 9.91. The smallest absolute Gasteiger partial charge is 0.248 e. The lowest BCUT2D eigenvalue weighted by atomic mass is 10.2. The average molecular weight is 314 g/mol. The summed E-state index contributed by atoms with van der Waals surface area (Å²) >= 11 is 2.49. The van der Waals surface area contributed by atoms with E-state index in [1.165, 1.54) is 17.8 Å². The number of carbonyl (C=O) groups is 1. The maximum atomic E-state index is 11.1. The number of nitrogens with two attached hydrogens (primary N) is 2. The number of benzene rings is 1. The summed E-state index contributed by atoms with van der Waals surface area (Å²) in [5, 5.41) is 5.04. The first-order valence-electron chi connectivity index (χ1n) is 5.06. The van der Waals surface area contributed by atoms with E-state index in [1.807, 2.05) is 0 Å². The molecule has 8 heteroatoms. The molecule has 2 aromatic rings. The zero-order valence-electron chi connectivity index (χ0n) is 9.57. The number of thiophene rings is 1. The fraction of sp³-hybridized carbons (Fsp3) is 0. The molecule has 1 amide bonds. The van der Waals surface area contributed by atoms with Crippen molar-refractivity contribution in [3.05, 3.63) is 42.0 Å². The molecule has 0 saturated heterocycles. The number of sulfonamides is 1. The third-order valence-corrected chi connectivity index (χ3v) is 5.86. The number of amides is 1. The highest BCUT2D eigenvalue weighted by Crippen LogP contribution is 2.34. The molecule has 1 aromatic carbocycles. The third-order valence-electron chi connectivity index (χ3n) is 2.19. The van der Waals surface area contributed by atoms with E-state index in [0.717, 1.165) is 20.4 Å². The molecule has 0 unspecified atom stereocenters. The van der Waals surface area contributed by atoms with Crippen LogP contribution < -0.4 is 10.9 Å². The maximum absolute atomic E-state index is 11.1. The Kier molecular flexibility index (Phi) is 3.95. The molecule has 2 rings (SSSR count). The molecule has 0 saturated carbocycles. The minimum Gasteiger partial charge on any atom is -0.366 e. The van der Waals surface area contributed by atoms with Crippen LogP contribution in [0.3, 0.4) is 0 Å². The van der Waals surface area contributed by atoms with Crippen LogP contribution >= 0.6 is 23.1 Å². The lowest BCUT2D eigenvalue weighted by Gasteiger charge is -1.99. The monoisotopic (exact) mass is 314 g/mol. The van der Waals surface area contributed by atoms with Crippen molar-refractivity contribution in [3.63, 3.8) is 0 Å². The molecule has 100 valence electrons. The van der Waals surface area contributed by atoms with E-state index in [4.69, 9.17) is 10.9 Å². The van der Waals surface area contributed by atoms with Gasteiger partial charge in [0.2, 0.25) is 15.9 Å². The summed E-state index contributed by atoms with van der Waals surface area (Å²) in [6.07, 6.45) is 0. The SMILES string of the molecule is NC(=O)c1ccc(Sc2ccc(S(N)(=O)=O)s2)cc1. The maximum Gasteiger partial charge on any atom is 0.248 e. The molecule has 5 nitrogen and oxygen atoms in total. The predicted molar refractivity (Wildman–Crippen MR) is 74.8 cm³/mol. The van der Waals surface area contributed by atoms with Crippen LogP contribution in [0.15, 0.2) is 49.7 Å². The summed E-state index contributed by atoms with van der Waals surface area (Å²) in [4.78, 5) is 11.8. The molecule has 0 aliphatic rings. The highest BCUT2D eigenvalue weighted by Gasteiger charge is 2.11. The summed E-state index contributed by atoms with van der Waals surface area (Å²) in [5.74, 6) is -0.482. The van der Waals surface area contributed by atoms with Crippen LogP contribution in [0.5, 0.6) is 0 Å². The molecule has 0 aliphatic heterocycles. The van der Waals surface area contributed by atoms with Gasteiger partial charge in [0.15, 0.2) is 0 Å². The molecule has 0 aliphatic carbocycles. The fourth-order valence-corrected chi connectivity index (χ4v) is 4.30. The van der Waals surface area contributed by atoms with E-state index >= 15 is 0 Å². The van der Waals surface area contributed by atoms with E-state index in [0.29, 0.717) is 5.56 Å². The second-order valence-electron chi connectivity index (χ2n) is 3.61. The van der Waals surface area contributed by atoms with Gasteiger partial charge in [0.25, 0.3) is 0 Å². The van der Waals surface area contributed by atoms with Gasteiger partial charge in [-0.15, -0.1) is 11.3 Å². The van der Waals surface area contributed by atoms with Crippen LogP contribution in [0.4, 0.5) is 0 Å². The van der Waals surface area contributed by atoms with Gasteiger partial charge in [-0.3, -0.25) is 4.79 Å². The molecule has 0 atom stereocenters. The molecule has 1 aromatic heterocycles. The molecule has 4 N–H and O–H groups in total. The number of primary amides is 1. The Morgan fingerprint density at radius 1 is 1.11 bits per heavy atom. The van der Waals surface area contributed by atoms with E-state index in [2.05, 4.69) is 0 Å². The summed E-state index contributed by atoms with van der Waals surface area (Å²) in [5.41, 5.74) is 5.57. The molecule has 0 radical (unpaired) electrons. The van der Waals surface area contributed by atoms with Gasteiger partial charge in [0.05, 0.1) is 4.21 Å². The Hall–Kier alpha value is -1.35. The molecular weight excluding hydrogens is 304 g/mol. The topological polar surface area (TPSA) is 103 Å². The van der Waals surface area contributed by atoms with Crippen molar-refractivity contribution in [2.45, 2.75) is 13.3 Å². The van der Waals surface area contributed by atoms with Crippen molar-refractivity contribution >= 4 is 39.0 Å². The van der Waals surface area contributed by atoms with E-state index in [-0.39, 0.29) is 4.21 Å². The number of carbonyl (C=O) groups excluding carboxylic acids is 1. The summed E-state index contributed by atoms with van der Waals surface area (Å²) in [6.45, 7) is 0. The minimum absolute atomic E-state index is 0.128. The van der Waals surface area contributed by atoms with E-state index in [9.17, 15) is 13.2 Å². The van der Waals surface area contributed by atoms with Crippen molar-refractivity contribution in [1.29, 1.82) is 0 Å². The fourth-order valence-electron chi connectivity index (χ4n) is 1.31. The Morgan fingerprint density at radius 3 is 2.21 bits per heavy atom. The van der Waals surface area contributed by atoms with Gasteiger partial charge in [0.1, 0.15) is 4.21 Å². The van der Waals surface area contributed by atoms with E-state index in [1.54, 1.807) is 30.3 Å². The Labute approximate surface area is 118 Å². The van der Waals surface area contributed by atoms with Crippen molar-refractivity contribution < 1.29 is 13.2 Å². The molecule has 19 heavy (non-hydrogen) atoms. The van der Waals surface area contributed by atoms with E-state index < -0.39 is 15.9 Å². The summed E-state index contributed by atoms with van der Waals surface area (Å²) < 4.78 is 23.2. The number of hydrogen-bond acceptors (Lipinski definition) is 5. The minimum atomic E-state index is -3.65. The third kappa shape index (κ3) is 3.57. The van der Waals surface area contributed by atoms with Crippen molar-refractivity contribution in [2.24, 2.45) is 10.9 Å². The van der Waals surface area contributed by atoms with Gasteiger partial charge in [-0.05, 0) is 36.4 Å². The van der Waals surface area contributed by atoms with Crippen molar-refractivity contribution in [1.82, 2.24) is 0 Å². The van der Waals surface area contributed by atoms with Gasteiger partial charge in [-0.25, -0.2) is 13.6 Å². The summed E-state index contributed by atoms with van der Waals surface area (Å²) in [7, 11) is -3.65.